The van der Waals surface area contributed by atoms with Gasteiger partial charge in [0.25, 0.3) is 0 Å². The van der Waals surface area contributed by atoms with E-state index in [9.17, 15) is 10.2 Å². The fraction of sp³-hybridized carbons (Fsp3) is 0.576. The lowest BCUT2D eigenvalue weighted by Gasteiger charge is -2.17. The molecule has 1 saturated carbocycles. The van der Waals surface area contributed by atoms with Gasteiger partial charge in [-0.2, -0.15) is 0 Å². The first-order chi connectivity index (χ1) is 17.5. The molecule has 0 aliphatic heterocycles. The summed E-state index contributed by atoms with van der Waals surface area (Å²) in [6, 6.07) is 8.90. The fourth-order valence-corrected chi connectivity index (χ4v) is 5.10. The van der Waals surface area contributed by atoms with Gasteiger partial charge in [-0.3, -0.25) is 9.98 Å². The molecule has 2 aromatic carbocycles. The van der Waals surface area contributed by atoms with Crippen LogP contribution in [0.15, 0.2) is 34.3 Å². The Kier molecular flexibility index (Phi) is 9.98. The maximum absolute atomic E-state index is 10.9. The SMILES string of the molecule is CCC(C)c1cc(C=NC2CCC(N=Cc3cc(C(C)CC)cc(C(C)C)c3O)C2)c(O)c(C(C)C)c1. The van der Waals surface area contributed by atoms with Gasteiger partial charge in [0.1, 0.15) is 11.5 Å². The first-order valence-electron chi connectivity index (χ1n) is 14.3. The largest absolute Gasteiger partial charge is 0.507 e. The standard InChI is InChI=1S/C33H48N2O2/c1-9-22(7)24-13-26(32(36)30(15-24)20(3)4)18-34-28-11-12-29(17-28)35-19-27-14-25(23(8)10-2)16-31(21(5)6)33(27)37/h13-16,18-23,28-29,36-37H,9-12,17H2,1-8H3. The first-order valence-corrected chi connectivity index (χ1v) is 14.3. The van der Waals surface area contributed by atoms with Crippen molar-refractivity contribution in [3.8, 4) is 11.5 Å². The Hall–Kier alpha value is -2.62. The average Bonchev–Trinajstić information content (AvgIpc) is 3.33. The van der Waals surface area contributed by atoms with E-state index < -0.39 is 0 Å². The van der Waals surface area contributed by atoms with E-state index in [2.05, 4.69) is 79.7 Å². The molecule has 2 N–H and O–H groups in total. The van der Waals surface area contributed by atoms with Crippen LogP contribution in [0.25, 0.3) is 0 Å². The van der Waals surface area contributed by atoms with Gasteiger partial charge in [0.15, 0.2) is 0 Å². The quantitative estimate of drug-likeness (QED) is 0.317. The fourth-order valence-electron chi connectivity index (χ4n) is 5.10. The summed E-state index contributed by atoms with van der Waals surface area (Å²) in [6.07, 6.45) is 8.74. The van der Waals surface area contributed by atoms with Crippen molar-refractivity contribution in [1.82, 2.24) is 0 Å². The summed E-state index contributed by atoms with van der Waals surface area (Å²) in [5.74, 6) is 2.12. The Labute approximate surface area is 225 Å². The summed E-state index contributed by atoms with van der Waals surface area (Å²) >= 11 is 0. The zero-order chi connectivity index (χ0) is 27.3. The van der Waals surface area contributed by atoms with Crippen molar-refractivity contribution in [2.24, 2.45) is 9.98 Å². The molecule has 2 aromatic rings. The van der Waals surface area contributed by atoms with Crippen LogP contribution in [0.5, 0.6) is 11.5 Å². The third-order valence-electron chi connectivity index (χ3n) is 8.22. The third-order valence-corrected chi connectivity index (χ3v) is 8.22. The smallest absolute Gasteiger partial charge is 0.127 e. The molecule has 4 heteroatoms. The molecule has 1 aliphatic carbocycles. The molecule has 1 aliphatic rings. The number of benzene rings is 2. The third kappa shape index (κ3) is 7.03. The van der Waals surface area contributed by atoms with E-state index in [0.717, 1.165) is 54.4 Å². The minimum atomic E-state index is 0.197. The Balaban J connectivity index is 1.77. The molecule has 4 unspecified atom stereocenters. The number of phenols is 2. The highest BCUT2D eigenvalue weighted by atomic mass is 16.3. The molecule has 0 aromatic heterocycles. The van der Waals surface area contributed by atoms with E-state index in [-0.39, 0.29) is 23.9 Å². The van der Waals surface area contributed by atoms with Crippen molar-refractivity contribution < 1.29 is 10.2 Å². The molecule has 0 spiro atoms. The molecular weight excluding hydrogens is 456 g/mol. The number of nitrogens with zero attached hydrogens (tertiary/aromatic N) is 2. The molecule has 1 fully saturated rings. The van der Waals surface area contributed by atoms with Crippen molar-refractivity contribution in [2.75, 3.05) is 0 Å². The second-order valence-electron chi connectivity index (χ2n) is 11.7. The monoisotopic (exact) mass is 504 g/mol. The van der Waals surface area contributed by atoms with Crippen LogP contribution in [0, 0.1) is 0 Å². The number of hydrogen-bond acceptors (Lipinski definition) is 4. The number of phenolic OH excluding ortho intramolecular Hbond substituents is 2. The maximum atomic E-state index is 10.9. The lowest BCUT2D eigenvalue weighted by atomic mass is 9.90. The van der Waals surface area contributed by atoms with Crippen molar-refractivity contribution in [3.63, 3.8) is 0 Å². The Bertz CT molecular complexity index is 1030. The van der Waals surface area contributed by atoms with Crippen molar-refractivity contribution in [1.29, 1.82) is 0 Å². The Morgan fingerprint density at radius 3 is 1.41 bits per heavy atom. The summed E-state index contributed by atoms with van der Waals surface area (Å²) in [4.78, 5) is 9.76. The molecule has 4 nitrogen and oxygen atoms in total. The molecule has 37 heavy (non-hydrogen) atoms. The molecule has 0 bridgehead atoms. The summed E-state index contributed by atoms with van der Waals surface area (Å²) < 4.78 is 0. The van der Waals surface area contributed by atoms with Crippen molar-refractivity contribution >= 4 is 12.4 Å². The van der Waals surface area contributed by atoms with Gasteiger partial charge in [0.05, 0.1) is 12.1 Å². The number of hydrogen-bond donors (Lipinski definition) is 2. The van der Waals surface area contributed by atoms with Gasteiger partial charge in [0.2, 0.25) is 0 Å². The molecule has 202 valence electrons. The van der Waals surface area contributed by atoms with E-state index in [1.54, 1.807) is 0 Å². The molecule has 4 atom stereocenters. The Morgan fingerprint density at radius 1 is 0.703 bits per heavy atom. The van der Waals surface area contributed by atoms with Gasteiger partial charge < -0.3 is 10.2 Å². The summed E-state index contributed by atoms with van der Waals surface area (Å²) in [6.45, 7) is 17.3. The van der Waals surface area contributed by atoms with Crippen LogP contribution < -0.4 is 0 Å². The molecule has 0 radical (unpaired) electrons. The molecule has 0 amide bonds. The highest BCUT2D eigenvalue weighted by molar-refractivity contribution is 5.85. The van der Waals surface area contributed by atoms with E-state index in [1.807, 2.05) is 12.4 Å². The lowest BCUT2D eigenvalue weighted by molar-refractivity contribution is 0.462. The predicted molar refractivity (Wildman–Crippen MR) is 158 cm³/mol. The second kappa shape index (κ2) is 12.8. The van der Waals surface area contributed by atoms with E-state index in [1.165, 1.54) is 11.1 Å². The molecule has 0 heterocycles. The minimum absolute atomic E-state index is 0.197. The highest BCUT2D eigenvalue weighted by Crippen LogP contribution is 2.35. The molecule has 3 rings (SSSR count). The van der Waals surface area contributed by atoms with E-state index >= 15 is 0 Å². The summed E-state index contributed by atoms with van der Waals surface area (Å²) in [5.41, 5.74) is 6.16. The summed E-state index contributed by atoms with van der Waals surface area (Å²) in [7, 11) is 0. The van der Waals surface area contributed by atoms with Gasteiger partial charge in [-0.1, -0.05) is 67.5 Å². The maximum Gasteiger partial charge on any atom is 0.127 e. The molecule has 0 saturated heterocycles. The highest BCUT2D eigenvalue weighted by Gasteiger charge is 2.24. The number of aromatic hydroxyl groups is 2. The number of rotatable bonds is 10. The van der Waals surface area contributed by atoms with Crippen LogP contribution in [0.4, 0.5) is 0 Å². The average molecular weight is 505 g/mol. The van der Waals surface area contributed by atoms with Gasteiger partial charge in [-0.15, -0.1) is 0 Å². The van der Waals surface area contributed by atoms with Crippen molar-refractivity contribution in [2.45, 2.75) is 123 Å². The van der Waals surface area contributed by atoms with Crippen LogP contribution >= 0.6 is 0 Å². The van der Waals surface area contributed by atoms with Crippen LogP contribution in [0.2, 0.25) is 0 Å². The van der Waals surface area contributed by atoms with Crippen LogP contribution in [0.1, 0.15) is 145 Å². The Morgan fingerprint density at radius 2 is 1.08 bits per heavy atom. The first kappa shape index (κ1) is 28.9. The summed E-state index contributed by atoms with van der Waals surface area (Å²) in [5, 5.41) is 21.8. The number of aliphatic imine (C=N–C) groups is 2. The zero-order valence-corrected chi connectivity index (χ0v) is 24.3. The zero-order valence-electron chi connectivity index (χ0n) is 24.3. The predicted octanol–water partition coefficient (Wildman–Crippen LogP) is 8.83. The van der Waals surface area contributed by atoms with Gasteiger partial charge >= 0.3 is 0 Å². The second-order valence-corrected chi connectivity index (χ2v) is 11.7. The lowest BCUT2D eigenvalue weighted by Crippen LogP contribution is -2.04. The van der Waals surface area contributed by atoms with E-state index in [0.29, 0.717) is 23.3 Å². The molecular formula is C33H48N2O2. The van der Waals surface area contributed by atoms with Crippen LogP contribution in [-0.4, -0.2) is 34.7 Å². The van der Waals surface area contributed by atoms with E-state index in [4.69, 9.17) is 9.98 Å². The van der Waals surface area contributed by atoms with Gasteiger partial charge in [-0.05, 0) is 90.2 Å². The topological polar surface area (TPSA) is 65.2 Å². The normalized spacial score (nSPS) is 20.1. The minimum Gasteiger partial charge on any atom is -0.507 e. The van der Waals surface area contributed by atoms with Crippen molar-refractivity contribution in [3.05, 3.63) is 57.6 Å². The van der Waals surface area contributed by atoms with Gasteiger partial charge in [0, 0.05) is 23.6 Å². The van der Waals surface area contributed by atoms with Gasteiger partial charge in [-0.25, -0.2) is 0 Å². The van der Waals surface area contributed by atoms with Crippen LogP contribution in [-0.2, 0) is 0 Å². The van der Waals surface area contributed by atoms with Crippen LogP contribution in [0.3, 0.4) is 0 Å².